The molecule has 1 heterocycles. The van der Waals surface area contributed by atoms with E-state index in [4.69, 9.17) is 4.98 Å². The number of aromatic nitrogens is 1. The smallest absolute Gasteiger partial charge is 0.108 e. The molecule has 3 heteroatoms. The Hall–Kier alpha value is -0.930. The van der Waals surface area contributed by atoms with E-state index in [0.717, 1.165) is 6.54 Å². The lowest BCUT2D eigenvalue weighted by Crippen LogP contribution is -2.21. The van der Waals surface area contributed by atoms with Crippen molar-refractivity contribution < 1.29 is 0 Å². The Bertz CT molecular complexity index is 500. The molecule has 0 unspecified atom stereocenters. The number of nitrogens with zero attached hydrogens (tertiary/aromatic N) is 1. The van der Waals surface area contributed by atoms with Gasteiger partial charge in [0, 0.05) is 12.6 Å². The number of fused-ring (bicyclic) bond motifs is 1. The first-order valence-electron chi connectivity index (χ1n) is 6.19. The van der Waals surface area contributed by atoms with Crippen LogP contribution in [0.3, 0.4) is 0 Å². The lowest BCUT2D eigenvalue weighted by Gasteiger charge is -2.05. The summed E-state index contributed by atoms with van der Waals surface area (Å²) in [5.41, 5.74) is 2.54. The Morgan fingerprint density at radius 2 is 2.00 bits per heavy atom. The van der Waals surface area contributed by atoms with Gasteiger partial charge in [-0.05, 0) is 17.5 Å². The van der Waals surface area contributed by atoms with Crippen molar-refractivity contribution in [2.75, 3.05) is 0 Å². The van der Waals surface area contributed by atoms with Crippen LogP contribution in [0.5, 0.6) is 0 Å². The van der Waals surface area contributed by atoms with Crippen LogP contribution in [-0.2, 0) is 6.54 Å². The molecule has 92 valence electrons. The molecular weight excluding hydrogens is 228 g/mol. The minimum absolute atomic E-state index is 0.506. The maximum Gasteiger partial charge on any atom is 0.108 e. The van der Waals surface area contributed by atoms with Crippen LogP contribution in [0.4, 0.5) is 0 Å². The fourth-order valence-corrected chi connectivity index (χ4v) is 2.80. The number of hydrogen-bond donors (Lipinski definition) is 1. The van der Waals surface area contributed by atoms with Gasteiger partial charge in [-0.15, -0.1) is 11.3 Å². The zero-order chi connectivity index (χ0) is 12.4. The van der Waals surface area contributed by atoms with Gasteiger partial charge in [-0.2, -0.15) is 0 Å². The number of para-hydroxylation sites is 1. The van der Waals surface area contributed by atoms with Gasteiger partial charge >= 0.3 is 0 Å². The van der Waals surface area contributed by atoms with Gasteiger partial charge in [-0.3, -0.25) is 0 Å². The topological polar surface area (TPSA) is 24.9 Å². The number of hydrogen-bond acceptors (Lipinski definition) is 3. The van der Waals surface area contributed by atoms with Crippen LogP contribution in [0, 0.1) is 0 Å². The highest BCUT2D eigenvalue weighted by molar-refractivity contribution is 7.18. The van der Waals surface area contributed by atoms with Gasteiger partial charge in [-0.25, -0.2) is 4.98 Å². The van der Waals surface area contributed by atoms with Gasteiger partial charge in [0.2, 0.25) is 0 Å². The molecular formula is C14H20N2S. The quantitative estimate of drug-likeness (QED) is 0.887. The molecule has 0 aliphatic heterocycles. The average Bonchev–Trinajstić information content (AvgIpc) is 2.68. The fourth-order valence-electron chi connectivity index (χ4n) is 1.85. The van der Waals surface area contributed by atoms with E-state index in [1.54, 1.807) is 11.3 Å². The highest BCUT2D eigenvalue weighted by Crippen LogP contribution is 2.29. The van der Waals surface area contributed by atoms with Crippen molar-refractivity contribution in [3.63, 3.8) is 0 Å². The third kappa shape index (κ3) is 2.85. The second-order valence-corrected chi connectivity index (χ2v) is 6.11. The third-order valence-corrected chi connectivity index (χ3v) is 3.80. The Balaban J connectivity index is 2.33. The number of benzene rings is 1. The molecule has 1 N–H and O–H groups in total. The van der Waals surface area contributed by atoms with E-state index in [0.29, 0.717) is 12.0 Å². The molecule has 17 heavy (non-hydrogen) atoms. The molecule has 0 aliphatic rings. The summed E-state index contributed by atoms with van der Waals surface area (Å²) in [5.74, 6) is 0.534. The van der Waals surface area contributed by atoms with Gasteiger partial charge in [0.15, 0.2) is 0 Å². The first-order valence-corrected chi connectivity index (χ1v) is 7.01. The molecule has 0 bridgehead atoms. The molecule has 0 radical (unpaired) electrons. The predicted molar refractivity (Wildman–Crippen MR) is 75.7 cm³/mol. The van der Waals surface area contributed by atoms with Crippen LogP contribution < -0.4 is 5.32 Å². The van der Waals surface area contributed by atoms with Crippen molar-refractivity contribution in [3.8, 4) is 0 Å². The largest absolute Gasteiger partial charge is 0.308 e. The molecule has 0 fully saturated rings. The van der Waals surface area contributed by atoms with E-state index in [-0.39, 0.29) is 0 Å². The Kier molecular flexibility index (Phi) is 3.79. The zero-order valence-electron chi connectivity index (χ0n) is 10.9. The summed E-state index contributed by atoms with van der Waals surface area (Å²) in [6, 6.07) is 6.99. The van der Waals surface area contributed by atoms with Crippen molar-refractivity contribution in [2.24, 2.45) is 0 Å². The van der Waals surface area contributed by atoms with Gasteiger partial charge < -0.3 is 5.32 Å². The average molecular weight is 248 g/mol. The number of nitrogens with one attached hydrogen (secondary N) is 1. The summed E-state index contributed by atoms with van der Waals surface area (Å²) < 4.78 is 1.30. The fraction of sp³-hybridized carbons (Fsp3) is 0.500. The molecule has 0 saturated heterocycles. The van der Waals surface area contributed by atoms with Crippen LogP contribution in [0.15, 0.2) is 18.2 Å². The Morgan fingerprint density at radius 1 is 1.24 bits per heavy atom. The van der Waals surface area contributed by atoms with Crippen molar-refractivity contribution in [3.05, 3.63) is 28.8 Å². The van der Waals surface area contributed by atoms with E-state index in [9.17, 15) is 0 Å². The molecule has 2 nitrogen and oxygen atoms in total. The molecule has 0 spiro atoms. The predicted octanol–water partition coefficient (Wildman–Crippen LogP) is 3.92. The second-order valence-electron chi connectivity index (χ2n) is 4.99. The third-order valence-electron chi connectivity index (χ3n) is 2.78. The second kappa shape index (κ2) is 5.15. The van der Waals surface area contributed by atoms with Gasteiger partial charge in [0.05, 0.1) is 10.2 Å². The normalized spacial score (nSPS) is 11.9. The number of rotatable bonds is 4. The highest BCUT2D eigenvalue weighted by atomic mass is 32.1. The first-order chi connectivity index (χ1) is 8.08. The van der Waals surface area contributed by atoms with E-state index in [1.165, 1.54) is 20.8 Å². The lowest BCUT2D eigenvalue weighted by molar-refractivity contribution is 0.587. The maximum atomic E-state index is 4.76. The minimum Gasteiger partial charge on any atom is -0.308 e. The van der Waals surface area contributed by atoms with Crippen molar-refractivity contribution in [1.82, 2.24) is 10.3 Å². The minimum atomic E-state index is 0.506. The maximum absolute atomic E-state index is 4.76. The number of thiazole rings is 1. The van der Waals surface area contributed by atoms with Gasteiger partial charge in [-0.1, -0.05) is 39.8 Å². The van der Waals surface area contributed by atoms with Crippen LogP contribution >= 0.6 is 11.3 Å². The Morgan fingerprint density at radius 3 is 2.65 bits per heavy atom. The SMILES string of the molecule is CC(C)NCc1nc2c(C(C)C)cccc2s1. The molecule has 0 atom stereocenters. The molecule has 0 amide bonds. The van der Waals surface area contributed by atoms with Crippen molar-refractivity contribution >= 4 is 21.6 Å². The van der Waals surface area contributed by atoms with Crippen molar-refractivity contribution in [1.29, 1.82) is 0 Å². The highest BCUT2D eigenvalue weighted by Gasteiger charge is 2.10. The molecule has 0 saturated carbocycles. The monoisotopic (exact) mass is 248 g/mol. The van der Waals surface area contributed by atoms with Crippen LogP contribution in [0.25, 0.3) is 10.2 Å². The molecule has 0 aliphatic carbocycles. The van der Waals surface area contributed by atoms with Crippen molar-refractivity contribution in [2.45, 2.75) is 46.2 Å². The molecule has 2 aromatic rings. The van der Waals surface area contributed by atoms with Gasteiger partial charge in [0.1, 0.15) is 5.01 Å². The Labute approximate surface area is 107 Å². The molecule has 1 aromatic heterocycles. The van der Waals surface area contributed by atoms with Crippen LogP contribution in [-0.4, -0.2) is 11.0 Å². The zero-order valence-corrected chi connectivity index (χ0v) is 11.8. The molecule has 2 rings (SSSR count). The summed E-state index contributed by atoms with van der Waals surface area (Å²) in [5, 5.41) is 4.60. The summed E-state index contributed by atoms with van der Waals surface area (Å²) in [6.45, 7) is 9.63. The summed E-state index contributed by atoms with van der Waals surface area (Å²) in [6.07, 6.45) is 0. The lowest BCUT2D eigenvalue weighted by atomic mass is 10.0. The van der Waals surface area contributed by atoms with E-state index < -0.39 is 0 Å². The first kappa shape index (κ1) is 12.5. The summed E-state index contributed by atoms with van der Waals surface area (Å²) in [7, 11) is 0. The van der Waals surface area contributed by atoms with Gasteiger partial charge in [0.25, 0.3) is 0 Å². The molecule has 1 aromatic carbocycles. The summed E-state index contributed by atoms with van der Waals surface area (Å²) >= 11 is 1.80. The van der Waals surface area contributed by atoms with Crippen LogP contribution in [0.2, 0.25) is 0 Å². The van der Waals surface area contributed by atoms with E-state index in [1.807, 2.05) is 0 Å². The standard InChI is InChI=1S/C14H20N2S/c1-9(2)11-6-5-7-12-14(11)16-13(17-12)8-15-10(3)4/h5-7,9-10,15H,8H2,1-4H3. The van der Waals surface area contributed by atoms with E-state index in [2.05, 4.69) is 51.2 Å². The van der Waals surface area contributed by atoms with Crippen LogP contribution in [0.1, 0.15) is 44.2 Å². The van der Waals surface area contributed by atoms with E-state index >= 15 is 0 Å². The summed E-state index contributed by atoms with van der Waals surface area (Å²) in [4.78, 5) is 4.76.